The normalized spacial score (nSPS) is 13.3. The second kappa shape index (κ2) is 7.28. The number of nitrogens with zero attached hydrogens (tertiary/aromatic N) is 1. The third-order valence-corrected chi connectivity index (χ3v) is 3.97. The quantitative estimate of drug-likeness (QED) is 0.810. The maximum atomic E-state index is 5.93. The van der Waals surface area contributed by atoms with E-state index in [-0.39, 0.29) is 0 Å². The maximum Gasteiger partial charge on any atom is 0.0931 e. The minimum Gasteiger partial charge on any atom is -0.315 e. The summed E-state index contributed by atoms with van der Waals surface area (Å²) in [6, 6.07) is 4.69. The Labute approximate surface area is 108 Å². The summed E-state index contributed by atoms with van der Waals surface area (Å²) in [5.41, 5.74) is 0. The largest absolute Gasteiger partial charge is 0.315 e. The molecular formula is C12H21ClN2S. The van der Waals surface area contributed by atoms with Crippen molar-refractivity contribution in [3.05, 3.63) is 21.3 Å². The first-order chi connectivity index (χ1) is 7.67. The van der Waals surface area contributed by atoms with Crippen LogP contribution in [-0.4, -0.2) is 31.1 Å². The van der Waals surface area contributed by atoms with Crippen LogP contribution >= 0.6 is 22.9 Å². The van der Waals surface area contributed by atoms with Crippen molar-refractivity contribution in [2.45, 2.75) is 32.9 Å². The van der Waals surface area contributed by atoms with Gasteiger partial charge < -0.3 is 5.32 Å². The fraction of sp³-hybridized carbons (Fsp3) is 0.667. The molecule has 0 radical (unpaired) electrons. The summed E-state index contributed by atoms with van der Waals surface area (Å²) in [5.74, 6) is 0. The molecule has 1 heterocycles. The molecule has 16 heavy (non-hydrogen) atoms. The molecule has 0 aliphatic rings. The molecule has 0 aliphatic heterocycles. The Morgan fingerprint density at radius 1 is 1.44 bits per heavy atom. The molecular weight excluding hydrogens is 240 g/mol. The monoisotopic (exact) mass is 260 g/mol. The first-order valence-electron chi connectivity index (χ1n) is 5.82. The predicted octanol–water partition coefficient (Wildman–Crippen LogP) is 3.22. The maximum absolute atomic E-state index is 5.93. The van der Waals surface area contributed by atoms with E-state index in [4.69, 9.17) is 11.6 Å². The summed E-state index contributed by atoms with van der Waals surface area (Å²) in [6.07, 6.45) is 1.17. The van der Waals surface area contributed by atoms with Crippen LogP contribution < -0.4 is 5.32 Å². The van der Waals surface area contributed by atoms with E-state index in [2.05, 4.69) is 37.2 Å². The first-order valence-corrected chi connectivity index (χ1v) is 7.02. The molecule has 0 amide bonds. The Morgan fingerprint density at radius 2 is 2.19 bits per heavy atom. The molecule has 0 fully saturated rings. The summed E-state index contributed by atoms with van der Waals surface area (Å²) in [4.78, 5) is 3.73. The molecule has 0 bridgehead atoms. The van der Waals surface area contributed by atoms with Crippen molar-refractivity contribution in [1.82, 2.24) is 10.2 Å². The number of thiophene rings is 1. The van der Waals surface area contributed by atoms with Crippen molar-refractivity contribution >= 4 is 22.9 Å². The van der Waals surface area contributed by atoms with Crippen LogP contribution in [0.2, 0.25) is 4.34 Å². The van der Waals surface area contributed by atoms with E-state index in [1.807, 2.05) is 6.07 Å². The highest BCUT2D eigenvalue weighted by Crippen LogP contribution is 2.23. The second-order valence-corrected chi connectivity index (χ2v) is 5.79. The fourth-order valence-electron chi connectivity index (χ4n) is 1.73. The van der Waals surface area contributed by atoms with Crippen LogP contribution in [0.3, 0.4) is 0 Å². The van der Waals surface area contributed by atoms with Crippen LogP contribution in [0.15, 0.2) is 12.1 Å². The van der Waals surface area contributed by atoms with Crippen LogP contribution in [0.25, 0.3) is 0 Å². The molecule has 1 N–H and O–H groups in total. The summed E-state index contributed by atoms with van der Waals surface area (Å²) >= 11 is 7.60. The molecule has 1 rings (SSSR count). The number of rotatable bonds is 7. The summed E-state index contributed by atoms with van der Waals surface area (Å²) in [5, 5.41) is 3.41. The highest BCUT2D eigenvalue weighted by Gasteiger charge is 2.13. The number of halogens is 1. The van der Waals surface area contributed by atoms with Gasteiger partial charge >= 0.3 is 0 Å². The SMILES string of the molecule is CCNCC(CC)N(C)Cc1ccc(Cl)s1. The number of hydrogen-bond donors (Lipinski definition) is 1. The van der Waals surface area contributed by atoms with Crippen LogP contribution in [0.5, 0.6) is 0 Å². The topological polar surface area (TPSA) is 15.3 Å². The lowest BCUT2D eigenvalue weighted by atomic mass is 10.2. The van der Waals surface area contributed by atoms with Crippen LogP contribution in [0.4, 0.5) is 0 Å². The standard InChI is InChI=1S/C12H21ClN2S/c1-4-10(8-14-5-2)15(3)9-11-6-7-12(13)16-11/h6-7,10,14H,4-5,8-9H2,1-3H3. The number of hydrogen-bond acceptors (Lipinski definition) is 3. The van der Waals surface area contributed by atoms with Crippen molar-refractivity contribution in [3.63, 3.8) is 0 Å². The molecule has 0 spiro atoms. The molecule has 1 unspecified atom stereocenters. The lowest BCUT2D eigenvalue weighted by molar-refractivity contribution is 0.224. The van der Waals surface area contributed by atoms with Crippen LogP contribution in [0, 0.1) is 0 Å². The first kappa shape index (κ1) is 14.0. The van der Waals surface area contributed by atoms with Gasteiger partial charge in [0.15, 0.2) is 0 Å². The minimum atomic E-state index is 0.598. The third-order valence-electron chi connectivity index (χ3n) is 2.76. The van der Waals surface area contributed by atoms with Gasteiger partial charge in [-0.3, -0.25) is 4.90 Å². The van der Waals surface area contributed by atoms with Crippen LogP contribution in [0.1, 0.15) is 25.1 Å². The lowest BCUT2D eigenvalue weighted by Crippen LogP contribution is -2.39. The Hall–Kier alpha value is -0.0900. The van der Waals surface area contributed by atoms with Gasteiger partial charge in [0.25, 0.3) is 0 Å². The zero-order valence-corrected chi connectivity index (χ0v) is 11.9. The minimum absolute atomic E-state index is 0.598. The summed E-state index contributed by atoms with van der Waals surface area (Å²) in [7, 11) is 2.18. The van der Waals surface area contributed by atoms with Gasteiger partial charge in [-0.25, -0.2) is 0 Å². The highest BCUT2D eigenvalue weighted by molar-refractivity contribution is 7.16. The molecule has 0 aromatic carbocycles. The van der Waals surface area contributed by atoms with Crippen molar-refractivity contribution in [1.29, 1.82) is 0 Å². The van der Waals surface area contributed by atoms with Gasteiger partial charge in [0.2, 0.25) is 0 Å². The summed E-state index contributed by atoms with van der Waals surface area (Å²) in [6.45, 7) is 7.46. The molecule has 0 saturated heterocycles. The van der Waals surface area contributed by atoms with Gasteiger partial charge in [0.05, 0.1) is 4.34 Å². The summed E-state index contributed by atoms with van der Waals surface area (Å²) < 4.78 is 0.878. The Bertz CT molecular complexity index is 301. The van der Waals surface area contributed by atoms with Crippen molar-refractivity contribution in [2.24, 2.45) is 0 Å². The van der Waals surface area contributed by atoms with Gasteiger partial charge in [-0.2, -0.15) is 0 Å². The molecule has 4 heteroatoms. The van der Waals surface area contributed by atoms with Gasteiger partial charge in [-0.1, -0.05) is 25.4 Å². The van der Waals surface area contributed by atoms with E-state index < -0.39 is 0 Å². The average Bonchev–Trinajstić information content (AvgIpc) is 2.65. The van der Waals surface area contributed by atoms with E-state index in [1.165, 1.54) is 11.3 Å². The lowest BCUT2D eigenvalue weighted by Gasteiger charge is -2.26. The Balaban J connectivity index is 2.45. The zero-order chi connectivity index (χ0) is 12.0. The molecule has 0 saturated carbocycles. The average molecular weight is 261 g/mol. The zero-order valence-electron chi connectivity index (χ0n) is 10.3. The van der Waals surface area contributed by atoms with E-state index in [0.29, 0.717) is 6.04 Å². The van der Waals surface area contributed by atoms with Gasteiger partial charge in [-0.05, 0) is 32.1 Å². The van der Waals surface area contributed by atoms with Crippen molar-refractivity contribution in [2.75, 3.05) is 20.1 Å². The molecule has 1 atom stereocenters. The van der Waals surface area contributed by atoms with Crippen molar-refractivity contribution in [3.8, 4) is 0 Å². The predicted molar refractivity (Wildman–Crippen MR) is 73.4 cm³/mol. The van der Waals surface area contributed by atoms with Crippen LogP contribution in [-0.2, 0) is 6.54 Å². The third kappa shape index (κ3) is 4.42. The Kier molecular flexibility index (Phi) is 6.36. The van der Waals surface area contributed by atoms with Gasteiger partial charge in [0.1, 0.15) is 0 Å². The molecule has 1 aromatic rings. The second-order valence-electron chi connectivity index (χ2n) is 3.99. The molecule has 2 nitrogen and oxygen atoms in total. The van der Waals surface area contributed by atoms with E-state index in [9.17, 15) is 0 Å². The molecule has 0 aliphatic carbocycles. The smallest absolute Gasteiger partial charge is 0.0931 e. The van der Waals surface area contributed by atoms with Gasteiger partial charge in [-0.15, -0.1) is 11.3 Å². The number of likely N-dealkylation sites (N-methyl/N-ethyl adjacent to an activating group) is 2. The Morgan fingerprint density at radius 3 is 2.69 bits per heavy atom. The van der Waals surface area contributed by atoms with E-state index >= 15 is 0 Å². The van der Waals surface area contributed by atoms with E-state index in [0.717, 1.165) is 24.0 Å². The van der Waals surface area contributed by atoms with Gasteiger partial charge in [0, 0.05) is 24.0 Å². The molecule has 1 aromatic heterocycles. The van der Waals surface area contributed by atoms with E-state index in [1.54, 1.807) is 11.3 Å². The fourth-order valence-corrected chi connectivity index (χ4v) is 2.89. The van der Waals surface area contributed by atoms with Crippen molar-refractivity contribution < 1.29 is 0 Å². The highest BCUT2D eigenvalue weighted by atomic mass is 35.5. The number of nitrogens with one attached hydrogen (secondary N) is 1. The molecule has 92 valence electrons.